The second-order valence-electron chi connectivity index (χ2n) is 9.64. The van der Waals surface area contributed by atoms with Crippen molar-refractivity contribution in [1.29, 1.82) is 0 Å². The molecule has 1 aliphatic carbocycles. The molecule has 0 bridgehead atoms. The van der Waals surface area contributed by atoms with Gasteiger partial charge in [-0.1, -0.05) is 56.2 Å². The van der Waals surface area contributed by atoms with Crippen LogP contribution in [0.2, 0.25) is 0 Å². The van der Waals surface area contributed by atoms with E-state index >= 15 is 0 Å². The van der Waals surface area contributed by atoms with Crippen LogP contribution < -0.4 is 9.47 Å². The number of benzene rings is 3. The lowest BCUT2D eigenvalue weighted by Crippen LogP contribution is -2.13. The van der Waals surface area contributed by atoms with Gasteiger partial charge in [0.2, 0.25) is 0 Å². The van der Waals surface area contributed by atoms with Gasteiger partial charge in [0.15, 0.2) is 23.2 Å². The van der Waals surface area contributed by atoms with Gasteiger partial charge in [0.25, 0.3) is 0 Å². The van der Waals surface area contributed by atoms with Crippen LogP contribution in [0.5, 0.6) is 11.5 Å². The maximum atomic E-state index is 15.0. The molecular weight excluding hydrogens is 461 g/mol. The zero-order valence-electron chi connectivity index (χ0n) is 20.7. The maximum Gasteiger partial charge on any atom is 0.166 e. The standard InChI is InChI=1S/C31H33F3O2/c1-3-4-5-18-35-29-17-8-22(19-28(29)32)20-36-25-13-11-24(12-14-25)27-16-15-26(30(33)31(27)34)23-9-6-21(2)7-10-23/h3,8,11-17,19,21,23H,1,4-7,9-10,18,20H2,2H3. The van der Waals surface area contributed by atoms with Crippen LogP contribution in [-0.2, 0) is 6.61 Å². The van der Waals surface area contributed by atoms with Gasteiger partial charge < -0.3 is 9.47 Å². The Morgan fingerprint density at radius 1 is 0.889 bits per heavy atom. The third-order valence-corrected chi connectivity index (χ3v) is 6.95. The molecule has 5 heteroatoms. The Hall–Kier alpha value is -3.21. The molecule has 0 saturated heterocycles. The highest BCUT2D eigenvalue weighted by molar-refractivity contribution is 5.65. The molecule has 0 unspecified atom stereocenters. The lowest BCUT2D eigenvalue weighted by Gasteiger charge is -2.27. The van der Waals surface area contributed by atoms with E-state index in [9.17, 15) is 13.2 Å². The van der Waals surface area contributed by atoms with E-state index in [-0.39, 0.29) is 23.8 Å². The van der Waals surface area contributed by atoms with E-state index < -0.39 is 17.5 Å². The Morgan fingerprint density at radius 3 is 2.33 bits per heavy atom. The molecular formula is C31H33F3O2. The molecule has 0 spiro atoms. The van der Waals surface area contributed by atoms with E-state index in [1.54, 1.807) is 54.6 Å². The third-order valence-electron chi connectivity index (χ3n) is 6.95. The number of unbranched alkanes of at least 4 members (excludes halogenated alkanes) is 1. The van der Waals surface area contributed by atoms with Crippen molar-refractivity contribution in [3.8, 4) is 22.6 Å². The highest BCUT2D eigenvalue weighted by Gasteiger charge is 2.25. The predicted octanol–water partition coefficient (Wildman–Crippen LogP) is 8.99. The molecule has 1 aliphatic rings. The second kappa shape index (κ2) is 12.2. The summed E-state index contributed by atoms with van der Waals surface area (Å²) in [6.45, 7) is 6.46. The van der Waals surface area contributed by atoms with Crippen LogP contribution in [0.25, 0.3) is 11.1 Å². The minimum atomic E-state index is -0.804. The van der Waals surface area contributed by atoms with Crippen LogP contribution in [0.3, 0.4) is 0 Å². The number of allylic oxidation sites excluding steroid dienone is 1. The molecule has 2 nitrogen and oxygen atoms in total. The fourth-order valence-electron chi connectivity index (χ4n) is 4.73. The topological polar surface area (TPSA) is 18.5 Å². The lowest BCUT2D eigenvalue weighted by atomic mass is 9.79. The largest absolute Gasteiger partial charge is 0.491 e. The van der Waals surface area contributed by atoms with Gasteiger partial charge in [-0.3, -0.25) is 0 Å². The summed E-state index contributed by atoms with van der Waals surface area (Å²) in [6, 6.07) is 15.0. The number of hydrogen-bond donors (Lipinski definition) is 0. The first kappa shape index (κ1) is 25.9. The van der Waals surface area contributed by atoms with Crippen molar-refractivity contribution in [2.45, 2.75) is 58.0 Å². The van der Waals surface area contributed by atoms with Crippen LogP contribution in [0.15, 0.2) is 67.3 Å². The third kappa shape index (κ3) is 6.31. The van der Waals surface area contributed by atoms with E-state index in [1.165, 1.54) is 6.07 Å². The van der Waals surface area contributed by atoms with Crippen LogP contribution in [0.1, 0.15) is 62.5 Å². The molecule has 0 radical (unpaired) electrons. The van der Waals surface area contributed by atoms with Gasteiger partial charge in [0.05, 0.1) is 6.61 Å². The first-order chi connectivity index (χ1) is 17.5. The summed E-state index contributed by atoms with van der Waals surface area (Å²) in [5, 5.41) is 0. The average molecular weight is 495 g/mol. The van der Waals surface area contributed by atoms with Gasteiger partial charge in [0.1, 0.15) is 12.4 Å². The first-order valence-electron chi connectivity index (χ1n) is 12.7. The molecule has 3 aromatic rings. The van der Waals surface area contributed by atoms with Crippen LogP contribution in [0, 0.1) is 23.4 Å². The van der Waals surface area contributed by atoms with Gasteiger partial charge in [-0.2, -0.15) is 0 Å². The Bertz CT molecular complexity index is 1170. The van der Waals surface area contributed by atoms with E-state index in [0.29, 0.717) is 35.0 Å². The first-order valence-corrected chi connectivity index (χ1v) is 12.7. The van der Waals surface area contributed by atoms with Crippen molar-refractivity contribution in [1.82, 2.24) is 0 Å². The van der Waals surface area contributed by atoms with Crippen molar-refractivity contribution in [2.24, 2.45) is 5.92 Å². The fourth-order valence-corrected chi connectivity index (χ4v) is 4.73. The lowest BCUT2D eigenvalue weighted by molar-refractivity contribution is 0.292. The molecule has 0 amide bonds. The number of rotatable bonds is 10. The quantitative estimate of drug-likeness (QED) is 0.207. The Balaban J connectivity index is 1.37. The molecule has 3 aromatic carbocycles. The molecule has 0 aliphatic heterocycles. The molecule has 0 aromatic heterocycles. The van der Waals surface area contributed by atoms with E-state index in [1.807, 2.05) is 0 Å². The van der Waals surface area contributed by atoms with Gasteiger partial charge in [-0.25, -0.2) is 13.2 Å². The van der Waals surface area contributed by atoms with Gasteiger partial charge in [0, 0.05) is 5.56 Å². The molecule has 36 heavy (non-hydrogen) atoms. The van der Waals surface area contributed by atoms with Crippen molar-refractivity contribution in [3.63, 3.8) is 0 Å². The van der Waals surface area contributed by atoms with E-state index in [0.717, 1.165) is 38.5 Å². The summed E-state index contributed by atoms with van der Waals surface area (Å²) in [6.07, 6.45) is 7.31. The Morgan fingerprint density at radius 2 is 1.64 bits per heavy atom. The molecule has 0 atom stereocenters. The minimum absolute atomic E-state index is 0.0863. The Kier molecular flexibility index (Phi) is 8.74. The smallest absolute Gasteiger partial charge is 0.166 e. The van der Waals surface area contributed by atoms with Crippen LogP contribution in [-0.4, -0.2) is 6.61 Å². The second-order valence-corrected chi connectivity index (χ2v) is 9.64. The van der Waals surface area contributed by atoms with Crippen molar-refractivity contribution in [2.75, 3.05) is 6.61 Å². The summed E-state index contributed by atoms with van der Waals surface area (Å²) >= 11 is 0. The Labute approximate surface area is 211 Å². The maximum absolute atomic E-state index is 15.0. The summed E-state index contributed by atoms with van der Waals surface area (Å²) in [4.78, 5) is 0. The fraction of sp³-hybridized carbons (Fsp3) is 0.355. The van der Waals surface area contributed by atoms with Gasteiger partial charge in [-0.15, -0.1) is 6.58 Å². The molecule has 0 N–H and O–H groups in total. The number of ether oxygens (including phenoxy) is 2. The zero-order chi connectivity index (χ0) is 25.5. The SMILES string of the molecule is C=CCCCOc1ccc(COc2ccc(-c3ccc(C4CCC(C)CC4)c(F)c3F)cc2)cc1F. The van der Waals surface area contributed by atoms with Crippen molar-refractivity contribution >= 4 is 0 Å². The average Bonchev–Trinajstić information content (AvgIpc) is 2.89. The number of halogens is 3. The molecule has 4 rings (SSSR count). The normalized spacial score (nSPS) is 17.6. The summed E-state index contributed by atoms with van der Waals surface area (Å²) in [5.74, 6) is -0.469. The van der Waals surface area contributed by atoms with Crippen LogP contribution >= 0.6 is 0 Å². The van der Waals surface area contributed by atoms with Crippen molar-refractivity contribution < 1.29 is 22.6 Å². The molecule has 190 valence electrons. The highest BCUT2D eigenvalue weighted by atomic mass is 19.2. The number of hydrogen-bond acceptors (Lipinski definition) is 2. The summed E-state index contributed by atoms with van der Waals surface area (Å²) in [7, 11) is 0. The summed E-state index contributed by atoms with van der Waals surface area (Å²) < 4.78 is 55.4. The van der Waals surface area contributed by atoms with E-state index in [4.69, 9.17) is 9.47 Å². The molecule has 0 heterocycles. The predicted molar refractivity (Wildman–Crippen MR) is 138 cm³/mol. The van der Waals surface area contributed by atoms with Gasteiger partial charge in [-0.05, 0) is 78.5 Å². The van der Waals surface area contributed by atoms with Crippen LogP contribution in [0.4, 0.5) is 13.2 Å². The zero-order valence-corrected chi connectivity index (χ0v) is 20.7. The highest BCUT2D eigenvalue weighted by Crippen LogP contribution is 2.39. The monoisotopic (exact) mass is 494 g/mol. The molecule has 1 fully saturated rings. The van der Waals surface area contributed by atoms with Gasteiger partial charge >= 0.3 is 0 Å². The summed E-state index contributed by atoms with van der Waals surface area (Å²) in [5.41, 5.74) is 1.96. The minimum Gasteiger partial charge on any atom is -0.491 e. The molecule has 1 saturated carbocycles. The van der Waals surface area contributed by atoms with E-state index in [2.05, 4.69) is 13.5 Å². The van der Waals surface area contributed by atoms with Crippen molar-refractivity contribution in [3.05, 3.63) is 95.8 Å².